The molecule has 0 unspecified atom stereocenters. The summed E-state index contributed by atoms with van der Waals surface area (Å²) < 4.78 is 33.3. The summed E-state index contributed by atoms with van der Waals surface area (Å²) in [6.45, 7) is 3.60. The zero-order chi connectivity index (χ0) is 15.6. The number of sulfonamides is 1. The Morgan fingerprint density at radius 3 is 2.45 bits per heavy atom. The van der Waals surface area contributed by atoms with E-state index >= 15 is 0 Å². The first-order valence-corrected chi connectivity index (χ1v) is 9.14. The van der Waals surface area contributed by atoms with Gasteiger partial charge in [-0.3, -0.25) is 0 Å². The van der Waals surface area contributed by atoms with Gasteiger partial charge in [-0.1, -0.05) is 15.9 Å². The molecule has 0 atom stereocenters. The third-order valence-electron chi connectivity index (χ3n) is 3.92. The van der Waals surface area contributed by atoms with Crippen molar-refractivity contribution in [2.45, 2.75) is 30.7 Å². The van der Waals surface area contributed by atoms with Crippen LogP contribution in [0.3, 0.4) is 0 Å². The van der Waals surface area contributed by atoms with Crippen molar-refractivity contribution in [3.05, 3.63) is 22.2 Å². The zero-order valence-electron chi connectivity index (χ0n) is 12.9. The van der Waals surface area contributed by atoms with Crippen LogP contribution in [0, 0.1) is 6.92 Å². The molecule has 126 valence electrons. The van der Waals surface area contributed by atoms with Gasteiger partial charge in [-0.2, -0.15) is 4.31 Å². The van der Waals surface area contributed by atoms with Crippen molar-refractivity contribution in [1.29, 1.82) is 0 Å². The predicted octanol–water partition coefficient (Wildman–Crippen LogP) is 2.56. The summed E-state index contributed by atoms with van der Waals surface area (Å²) >= 11 is 3.40. The van der Waals surface area contributed by atoms with Crippen LogP contribution in [0.2, 0.25) is 0 Å². The lowest BCUT2D eigenvalue weighted by molar-refractivity contribution is 0.295. The van der Waals surface area contributed by atoms with E-state index in [4.69, 9.17) is 4.74 Å². The van der Waals surface area contributed by atoms with Gasteiger partial charge >= 0.3 is 0 Å². The lowest BCUT2D eigenvalue weighted by Gasteiger charge is -2.31. The monoisotopic (exact) mass is 412 g/mol. The Morgan fingerprint density at radius 2 is 1.91 bits per heavy atom. The molecule has 0 aromatic heterocycles. The average Bonchev–Trinajstić information content (AvgIpc) is 2.49. The lowest BCUT2D eigenvalue weighted by Crippen LogP contribution is -2.43. The number of methoxy groups -OCH3 is 1. The fourth-order valence-corrected chi connectivity index (χ4v) is 4.59. The van der Waals surface area contributed by atoms with Crippen LogP contribution in [-0.4, -0.2) is 46.0 Å². The van der Waals surface area contributed by atoms with Crippen molar-refractivity contribution in [1.82, 2.24) is 9.62 Å². The molecule has 1 aromatic rings. The lowest BCUT2D eigenvalue weighted by atomic mass is 10.1. The minimum atomic E-state index is -3.57. The van der Waals surface area contributed by atoms with E-state index in [1.165, 1.54) is 11.4 Å². The number of nitrogens with one attached hydrogen (secondary N) is 1. The summed E-state index contributed by atoms with van der Waals surface area (Å²) in [7, 11) is -0.426. The molecule has 1 saturated heterocycles. The molecule has 0 amide bonds. The standard InChI is InChI=1S/C14H21BrN2O3S.ClH/c1-10-8-13(20-3)14(9-12(10)15)21(18,19)17(2)11-4-6-16-7-5-11;/h8-9,11,16H,4-7H2,1-3H3;1H. The third kappa shape index (κ3) is 3.94. The molecule has 0 saturated carbocycles. The van der Waals surface area contributed by atoms with Crippen LogP contribution in [-0.2, 0) is 10.0 Å². The molecule has 1 aliphatic heterocycles. The second-order valence-electron chi connectivity index (χ2n) is 5.25. The Labute approximate surface area is 147 Å². The van der Waals surface area contributed by atoms with E-state index in [2.05, 4.69) is 21.2 Å². The summed E-state index contributed by atoms with van der Waals surface area (Å²) in [4.78, 5) is 0.212. The van der Waals surface area contributed by atoms with Crippen LogP contribution in [0.5, 0.6) is 5.75 Å². The van der Waals surface area contributed by atoms with E-state index in [9.17, 15) is 8.42 Å². The summed E-state index contributed by atoms with van der Waals surface area (Å²) in [5.74, 6) is 0.386. The van der Waals surface area contributed by atoms with Gasteiger partial charge in [0.05, 0.1) is 7.11 Å². The quantitative estimate of drug-likeness (QED) is 0.824. The van der Waals surface area contributed by atoms with Crippen LogP contribution in [0.25, 0.3) is 0 Å². The number of piperidine rings is 1. The molecule has 2 rings (SSSR count). The Kier molecular flexibility index (Phi) is 7.14. The van der Waals surface area contributed by atoms with Crippen molar-refractivity contribution < 1.29 is 13.2 Å². The number of hydrogen-bond donors (Lipinski definition) is 1. The second kappa shape index (κ2) is 7.97. The van der Waals surface area contributed by atoms with E-state index in [0.717, 1.165) is 36.0 Å². The van der Waals surface area contributed by atoms with Crippen LogP contribution < -0.4 is 10.1 Å². The highest BCUT2D eigenvalue weighted by Gasteiger charge is 2.31. The van der Waals surface area contributed by atoms with Crippen molar-refractivity contribution in [3.63, 3.8) is 0 Å². The highest BCUT2D eigenvalue weighted by atomic mass is 79.9. The third-order valence-corrected chi connectivity index (χ3v) is 6.71. The number of rotatable bonds is 4. The van der Waals surface area contributed by atoms with Crippen molar-refractivity contribution in [2.24, 2.45) is 0 Å². The van der Waals surface area contributed by atoms with E-state index in [0.29, 0.717) is 5.75 Å². The van der Waals surface area contributed by atoms with Crippen LogP contribution in [0.4, 0.5) is 0 Å². The molecule has 0 aliphatic carbocycles. The molecular weight excluding hydrogens is 392 g/mol. The van der Waals surface area contributed by atoms with Gasteiger partial charge in [-0.05, 0) is 50.6 Å². The number of hydrogen-bond acceptors (Lipinski definition) is 4. The van der Waals surface area contributed by atoms with Crippen LogP contribution in [0.1, 0.15) is 18.4 Å². The van der Waals surface area contributed by atoms with Gasteiger partial charge in [0.25, 0.3) is 0 Å². The number of ether oxygens (including phenoxy) is 1. The minimum absolute atomic E-state index is 0. The molecule has 22 heavy (non-hydrogen) atoms. The molecule has 1 aliphatic rings. The van der Waals surface area contributed by atoms with Gasteiger partial charge in [0.15, 0.2) is 0 Å². The highest BCUT2D eigenvalue weighted by Crippen LogP contribution is 2.33. The van der Waals surface area contributed by atoms with Gasteiger partial charge in [0, 0.05) is 17.6 Å². The number of aryl methyl sites for hydroxylation is 1. The summed E-state index contributed by atoms with van der Waals surface area (Å²) in [5.41, 5.74) is 0.940. The first-order valence-electron chi connectivity index (χ1n) is 6.91. The Morgan fingerprint density at radius 1 is 1.32 bits per heavy atom. The molecule has 0 bridgehead atoms. The van der Waals surface area contributed by atoms with Gasteiger partial charge in [0.1, 0.15) is 10.6 Å². The molecule has 5 nitrogen and oxygen atoms in total. The van der Waals surface area contributed by atoms with Crippen molar-refractivity contribution in [2.75, 3.05) is 27.2 Å². The van der Waals surface area contributed by atoms with E-state index in [-0.39, 0.29) is 23.3 Å². The van der Waals surface area contributed by atoms with Gasteiger partial charge in [0.2, 0.25) is 10.0 Å². The van der Waals surface area contributed by atoms with E-state index in [1.54, 1.807) is 19.2 Å². The zero-order valence-corrected chi connectivity index (χ0v) is 16.1. The summed E-state index contributed by atoms with van der Waals surface area (Å²) in [5, 5.41) is 3.25. The molecule has 1 fully saturated rings. The second-order valence-corrected chi connectivity index (χ2v) is 8.07. The van der Waals surface area contributed by atoms with E-state index in [1.807, 2.05) is 6.92 Å². The van der Waals surface area contributed by atoms with Gasteiger partial charge in [-0.25, -0.2) is 8.42 Å². The largest absolute Gasteiger partial charge is 0.495 e. The van der Waals surface area contributed by atoms with Gasteiger partial charge < -0.3 is 10.1 Å². The van der Waals surface area contributed by atoms with Crippen LogP contribution in [0.15, 0.2) is 21.5 Å². The van der Waals surface area contributed by atoms with Gasteiger partial charge in [-0.15, -0.1) is 12.4 Å². The molecule has 8 heteroatoms. The maximum absolute atomic E-state index is 12.9. The Balaban J connectivity index is 0.00000242. The first-order chi connectivity index (χ1) is 9.87. The Bertz CT molecular complexity index is 619. The number of halogens is 2. The maximum Gasteiger partial charge on any atom is 0.246 e. The molecular formula is C14H22BrClN2O3S. The fraction of sp³-hybridized carbons (Fsp3) is 0.571. The molecule has 1 aromatic carbocycles. The molecule has 0 radical (unpaired) electrons. The first kappa shape index (κ1) is 19.7. The summed E-state index contributed by atoms with van der Waals surface area (Å²) in [6, 6.07) is 3.40. The number of nitrogens with zero attached hydrogens (tertiary/aromatic N) is 1. The highest BCUT2D eigenvalue weighted by molar-refractivity contribution is 9.10. The normalized spacial score (nSPS) is 16.4. The SMILES string of the molecule is COc1cc(C)c(Br)cc1S(=O)(=O)N(C)C1CCNCC1.Cl. The average molecular weight is 414 g/mol. The molecule has 0 spiro atoms. The fourth-order valence-electron chi connectivity index (χ4n) is 2.52. The topological polar surface area (TPSA) is 58.6 Å². The Hall–Kier alpha value is -0.340. The van der Waals surface area contributed by atoms with Crippen molar-refractivity contribution >= 4 is 38.4 Å². The van der Waals surface area contributed by atoms with Crippen LogP contribution >= 0.6 is 28.3 Å². The smallest absolute Gasteiger partial charge is 0.246 e. The molecule has 1 N–H and O–H groups in total. The molecule has 1 heterocycles. The van der Waals surface area contributed by atoms with Crippen molar-refractivity contribution in [3.8, 4) is 5.75 Å². The van der Waals surface area contributed by atoms with E-state index < -0.39 is 10.0 Å². The maximum atomic E-state index is 12.9. The summed E-state index contributed by atoms with van der Waals surface area (Å²) in [6.07, 6.45) is 1.65. The minimum Gasteiger partial charge on any atom is -0.495 e. The predicted molar refractivity (Wildman–Crippen MR) is 93.5 cm³/mol. The number of benzene rings is 1.